The van der Waals surface area contributed by atoms with Crippen molar-refractivity contribution < 1.29 is 18.0 Å². The van der Waals surface area contributed by atoms with Crippen LogP contribution >= 0.6 is 11.6 Å². The van der Waals surface area contributed by atoms with E-state index in [0.29, 0.717) is 16.3 Å². The molecule has 2 amide bonds. The summed E-state index contributed by atoms with van der Waals surface area (Å²) in [7, 11) is -4.15. The van der Waals surface area contributed by atoms with Crippen LogP contribution in [0.1, 0.15) is 43.9 Å². The molecule has 208 valence electrons. The Morgan fingerprint density at radius 3 is 2.21 bits per heavy atom. The Hall–Kier alpha value is -3.36. The summed E-state index contributed by atoms with van der Waals surface area (Å²) in [6.45, 7) is 8.81. The van der Waals surface area contributed by atoms with Crippen molar-refractivity contribution in [3.63, 3.8) is 0 Å². The molecular weight excluding hydrogens is 534 g/mol. The Morgan fingerprint density at radius 1 is 0.923 bits per heavy atom. The molecule has 0 aliphatic carbocycles. The van der Waals surface area contributed by atoms with Gasteiger partial charge in [0.05, 0.1) is 10.6 Å². The maximum Gasteiger partial charge on any atom is 0.264 e. The van der Waals surface area contributed by atoms with E-state index >= 15 is 0 Å². The van der Waals surface area contributed by atoms with E-state index in [1.54, 1.807) is 50.2 Å². The van der Waals surface area contributed by atoms with Crippen molar-refractivity contribution in [3.05, 3.63) is 94.5 Å². The van der Waals surface area contributed by atoms with Crippen LogP contribution < -0.4 is 9.62 Å². The monoisotopic (exact) mass is 569 g/mol. The number of rotatable bonds is 11. The average molecular weight is 570 g/mol. The van der Waals surface area contributed by atoms with Gasteiger partial charge in [0.2, 0.25) is 11.8 Å². The van der Waals surface area contributed by atoms with Crippen LogP contribution in [0.25, 0.3) is 0 Å². The minimum Gasteiger partial charge on any atom is -0.352 e. The molecule has 0 spiro atoms. The number of anilines is 1. The van der Waals surface area contributed by atoms with Gasteiger partial charge in [0.25, 0.3) is 10.0 Å². The first-order chi connectivity index (χ1) is 18.5. The second kappa shape index (κ2) is 13.1. The van der Waals surface area contributed by atoms with Gasteiger partial charge in [-0.3, -0.25) is 13.9 Å². The molecule has 0 aromatic heterocycles. The van der Waals surface area contributed by atoms with Crippen LogP contribution in [-0.2, 0) is 26.2 Å². The van der Waals surface area contributed by atoms with E-state index < -0.39 is 28.5 Å². The standard InChI is InChI=1S/C30H36ClN3O4S/c1-6-22(3)32-30(36)24(5)33(19-25-14-11-10-13-21(25)2)29(35)20-34(28-18-12-17-27(31)23(28)4)39(37,38)26-15-8-7-9-16-26/h7-18,22,24H,6,19-20H2,1-5H3,(H,32,36). The lowest BCUT2D eigenvalue weighted by Crippen LogP contribution is -2.52. The zero-order chi connectivity index (χ0) is 28.7. The molecule has 3 rings (SSSR count). The smallest absolute Gasteiger partial charge is 0.264 e. The second-order valence-electron chi connectivity index (χ2n) is 9.65. The molecule has 0 heterocycles. The molecule has 0 saturated heterocycles. The highest BCUT2D eigenvalue weighted by Gasteiger charge is 2.33. The minimum absolute atomic E-state index is 0.0465. The van der Waals surface area contributed by atoms with Crippen LogP contribution in [0.15, 0.2) is 77.7 Å². The summed E-state index contributed by atoms with van der Waals surface area (Å²) < 4.78 is 28.9. The van der Waals surface area contributed by atoms with Gasteiger partial charge in [-0.25, -0.2) is 8.42 Å². The third kappa shape index (κ3) is 7.19. The first-order valence-electron chi connectivity index (χ1n) is 12.9. The summed E-state index contributed by atoms with van der Waals surface area (Å²) in [5, 5.41) is 3.32. The Kier molecular flexibility index (Phi) is 10.2. The lowest BCUT2D eigenvalue weighted by Gasteiger charge is -2.33. The first-order valence-corrected chi connectivity index (χ1v) is 14.8. The predicted octanol–water partition coefficient (Wildman–Crippen LogP) is 5.48. The molecule has 2 unspecified atom stereocenters. The summed E-state index contributed by atoms with van der Waals surface area (Å²) in [5.41, 5.74) is 2.65. The molecule has 0 saturated carbocycles. The van der Waals surface area contributed by atoms with Crippen LogP contribution in [-0.4, -0.2) is 43.8 Å². The number of benzene rings is 3. The average Bonchev–Trinajstić information content (AvgIpc) is 2.92. The van der Waals surface area contributed by atoms with E-state index in [1.165, 1.54) is 17.0 Å². The number of hydrogen-bond acceptors (Lipinski definition) is 4. The van der Waals surface area contributed by atoms with E-state index in [-0.39, 0.29) is 23.4 Å². The van der Waals surface area contributed by atoms with Gasteiger partial charge in [-0.1, -0.05) is 67.1 Å². The quantitative estimate of drug-likeness (QED) is 0.331. The van der Waals surface area contributed by atoms with Gasteiger partial charge in [0.1, 0.15) is 12.6 Å². The highest BCUT2D eigenvalue weighted by atomic mass is 35.5. The highest BCUT2D eigenvalue weighted by Crippen LogP contribution is 2.31. The number of sulfonamides is 1. The zero-order valence-corrected chi connectivity index (χ0v) is 24.6. The van der Waals surface area contributed by atoms with Gasteiger partial charge >= 0.3 is 0 Å². The molecule has 0 radical (unpaired) electrons. The van der Waals surface area contributed by atoms with E-state index in [2.05, 4.69) is 5.32 Å². The van der Waals surface area contributed by atoms with Crippen molar-refractivity contribution in [2.45, 2.75) is 64.6 Å². The molecule has 3 aromatic carbocycles. The molecule has 7 nitrogen and oxygen atoms in total. The zero-order valence-electron chi connectivity index (χ0n) is 23.0. The number of halogens is 1. The summed E-state index contributed by atoms with van der Waals surface area (Å²) >= 11 is 6.36. The number of amides is 2. The Balaban J connectivity index is 2.07. The number of aryl methyl sites for hydroxylation is 1. The summed E-state index contributed by atoms with van der Waals surface area (Å²) in [6, 6.07) is 19.6. The summed E-state index contributed by atoms with van der Waals surface area (Å²) in [4.78, 5) is 28.7. The van der Waals surface area contributed by atoms with Crippen molar-refractivity contribution in [2.24, 2.45) is 0 Å². The molecule has 3 aromatic rings. The molecule has 0 fully saturated rings. The van der Waals surface area contributed by atoms with Crippen LogP contribution in [0, 0.1) is 13.8 Å². The lowest BCUT2D eigenvalue weighted by atomic mass is 10.1. The van der Waals surface area contributed by atoms with Crippen molar-refractivity contribution in [2.75, 3.05) is 10.8 Å². The molecular formula is C30H36ClN3O4S. The number of nitrogens with zero attached hydrogens (tertiary/aromatic N) is 2. The van der Waals surface area contributed by atoms with Gasteiger partial charge in [-0.2, -0.15) is 0 Å². The Bertz CT molecular complexity index is 1410. The van der Waals surface area contributed by atoms with Crippen molar-refractivity contribution in [1.29, 1.82) is 0 Å². The van der Waals surface area contributed by atoms with Gasteiger partial charge in [0, 0.05) is 17.6 Å². The lowest BCUT2D eigenvalue weighted by molar-refractivity contribution is -0.139. The molecule has 9 heteroatoms. The normalized spacial score (nSPS) is 12.9. The molecule has 39 heavy (non-hydrogen) atoms. The fraction of sp³-hybridized carbons (Fsp3) is 0.333. The Labute approximate surface area is 236 Å². The summed E-state index contributed by atoms with van der Waals surface area (Å²) in [5.74, 6) is -0.813. The SMILES string of the molecule is CCC(C)NC(=O)C(C)N(Cc1ccccc1C)C(=O)CN(c1cccc(Cl)c1C)S(=O)(=O)c1ccccc1. The number of carbonyl (C=O) groups excluding carboxylic acids is 2. The molecule has 0 bridgehead atoms. The third-order valence-electron chi connectivity index (χ3n) is 6.89. The van der Waals surface area contributed by atoms with Crippen LogP contribution in [0.4, 0.5) is 5.69 Å². The number of hydrogen-bond donors (Lipinski definition) is 1. The van der Waals surface area contributed by atoms with E-state index in [4.69, 9.17) is 11.6 Å². The second-order valence-corrected chi connectivity index (χ2v) is 11.9. The van der Waals surface area contributed by atoms with Gasteiger partial charge in [-0.05, 0) is 75.1 Å². The fourth-order valence-corrected chi connectivity index (χ4v) is 5.78. The van der Waals surface area contributed by atoms with Crippen molar-refractivity contribution in [1.82, 2.24) is 10.2 Å². The van der Waals surface area contributed by atoms with Crippen LogP contribution in [0.5, 0.6) is 0 Å². The molecule has 2 atom stereocenters. The predicted molar refractivity (Wildman–Crippen MR) is 156 cm³/mol. The van der Waals surface area contributed by atoms with Gasteiger partial charge < -0.3 is 10.2 Å². The minimum atomic E-state index is -4.15. The number of carbonyl (C=O) groups is 2. The van der Waals surface area contributed by atoms with Crippen LogP contribution in [0.3, 0.4) is 0 Å². The third-order valence-corrected chi connectivity index (χ3v) is 9.07. The Morgan fingerprint density at radius 2 is 1.56 bits per heavy atom. The van der Waals surface area contributed by atoms with E-state index in [9.17, 15) is 18.0 Å². The van der Waals surface area contributed by atoms with Gasteiger partial charge in [0.15, 0.2) is 0 Å². The topological polar surface area (TPSA) is 86.8 Å². The van der Waals surface area contributed by atoms with Gasteiger partial charge in [-0.15, -0.1) is 0 Å². The summed E-state index contributed by atoms with van der Waals surface area (Å²) in [6.07, 6.45) is 0.737. The van der Waals surface area contributed by atoms with Crippen LogP contribution in [0.2, 0.25) is 5.02 Å². The first kappa shape index (κ1) is 30.2. The number of nitrogens with one attached hydrogen (secondary N) is 1. The van der Waals surface area contributed by atoms with E-state index in [0.717, 1.165) is 21.9 Å². The molecule has 1 N–H and O–H groups in total. The molecule has 0 aliphatic heterocycles. The molecule has 0 aliphatic rings. The maximum atomic E-state index is 14.0. The highest BCUT2D eigenvalue weighted by molar-refractivity contribution is 7.92. The van der Waals surface area contributed by atoms with Crippen molar-refractivity contribution >= 4 is 39.1 Å². The largest absolute Gasteiger partial charge is 0.352 e. The fourth-order valence-electron chi connectivity index (χ4n) is 4.12. The van der Waals surface area contributed by atoms with Crippen molar-refractivity contribution in [3.8, 4) is 0 Å². The van der Waals surface area contributed by atoms with E-state index in [1.807, 2.05) is 45.0 Å². The maximum absolute atomic E-state index is 14.0.